The minimum Gasteiger partial charge on any atom is -0.465 e. The van der Waals surface area contributed by atoms with Gasteiger partial charge in [0.1, 0.15) is 17.2 Å². The highest BCUT2D eigenvalue weighted by Crippen LogP contribution is 2.23. The first-order chi connectivity index (χ1) is 12.5. The first kappa shape index (κ1) is 17.8. The maximum absolute atomic E-state index is 14.2. The van der Waals surface area contributed by atoms with E-state index in [1.165, 1.54) is 16.8 Å². The molecular weight excluding hydrogens is 363 g/mol. The number of fused-ring (bicyclic) bond motifs is 1. The van der Waals surface area contributed by atoms with E-state index in [9.17, 15) is 14.0 Å². The van der Waals surface area contributed by atoms with Gasteiger partial charge in [-0.3, -0.25) is 14.3 Å². The molecule has 3 rings (SSSR count). The monoisotopic (exact) mass is 376 g/mol. The lowest BCUT2D eigenvalue weighted by molar-refractivity contribution is 0.194. The van der Waals surface area contributed by atoms with Crippen LogP contribution in [-0.2, 0) is 6.42 Å². The Labute approximate surface area is 152 Å². The zero-order chi connectivity index (χ0) is 18.7. The number of benzene rings is 1. The Morgan fingerprint density at radius 1 is 1.35 bits per heavy atom. The number of aromatic nitrogens is 3. The summed E-state index contributed by atoms with van der Waals surface area (Å²) >= 11 is 6.10. The second-order valence-corrected chi connectivity index (χ2v) is 5.88. The van der Waals surface area contributed by atoms with Crippen LogP contribution in [0.5, 0.6) is 0 Å². The zero-order valence-corrected chi connectivity index (χ0v) is 14.2. The highest BCUT2D eigenvalue weighted by Gasteiger charge is 2.17. The molecule has 0 atom stereocenters. The van der Waals surface area contributed by atoms with Crippen LogP contribution in [0.25, 0.3) is 16.6 Å². The number of nitrogens with zero attached hydrogens (tertiary/aromatic N) is 3. The fraction of sp³-hybridized carbons (Fsp3) is 0.176. The smallest absolute Gasteiger partial charge is 0.404 e. The molecule has 2 aromatic heterocycles. The lowest BCUT2D eigenvalue weighted by atomic mass is 10.2. The fourth-order valence-electron chi connectivity index (χ4n) is 2.62. The summed E-state index contributed by atoms with van der Waals surface area (Å²) < 4.78 is 15.5. The predicted molar refractivity (Wildman–Crippen MR) is 94.5 cm³/mol. The Kier molecular flexibility index (Phi) is 5.13. The van der Waals surface area contributed by atoms with Crippen LogP contribution in [0.4, 0.5) is 9.18 Å². The lowest BCUT2D eigenvalue weighted by Crippen LogP contribution is -2.26. The number of hydrogen-bond donors (Lipinski definition) is 2. The van der Waals surface area contributed by atoms with Crippen molar-refractivity contribution in [2.24, 2.45) is 0 Å². The van der Waals surface area contributed by atoms with Gasteiger partial charge in [-0.2, -0.15) is 0 Å². The van der Waals surface area contributed by atoms with Crippen LogP contribution in [0.1, 0.15) is 12.2 Å². The van der Waals surface area contributed by atoms with Crippen molar-refractivity contribution in [1.29, 1.82) is 0 Å². The van der Waals surface area contributed by atoms with Crippen molar-refractivity contribution >= 4 is 28.6 Å². The van der Waals surface area contributed by atoms with Crippen LogP contribution in [-0.4, -0.2) is 32.3 Å². The predicted octanol–water partition coefficient (Wildman–Crippen LogP) is 2.77. The molecule has 0 bridgehead atoms. The SMILES string of the molecule is O=C(O)NCCCc1nc2c(F)ccc(Cl)c2c(=O)n1-c1cccnc1. The lowest BCUT2D eigenvalue weighted by Gasteiger charge is -2.14. The van der Waals surface area contributed by atoms with E-state index in [1.807, 2.05) is 0 Å². The summed E-state index contributed by atoms with van der Waals surface area (Å²) in [6.45, 7) is 0.175. The van der Waals surface area contributed by atoms with E-state index in [2.05, 4.69) is 15.3 Å². The van der Waals surface area contributed by atoms with Gasteiger partial charge in [-0.1, -0.05) is 11.6 Å². The largest absolute Gasteiger partial charge is 0.465 e. The third-order valence-electron chi connectivity index (χ3n) is 3.75. The van der Waals surface area contributed by atoms with Crippen LogP contribution in [0.2, 0.25) is 5.02 Å². The Hall–Kier alpha value is -3.00. The van der Waals surface area contributed by atoms with E-state index in [-0.39, 0.29) is 28.9 Å². The Morgan fingerprint density at radius 2 is 2.15 bits per heavy atom. The van der Waals surface area contributed by atoms with Gasteiger partial charge in [0.05, 0.1) is 22.3 Å². The molecule has 3 aromatic rings. The summed E-state index contributed by atoms with van der Waals surface area (Å²) in [5.74, 6) is -0.353. The Bertz CT molecular complexity index is 1020. The van der Waals surface area contributed by atoms with E-state index in [4.69, 9.17) is 16.7 Å². The summed E-state index contributed by atoms with van der Waals surface area (Å²) in [4.78, 5) is 31.8. The van der Waals surface area contributed by atoms with Gasteiger partial charge < -0.3 is 10.4 Å². The van der Waals surface area contributed by atoms with E-state index in [1.54, 1.807) is 18.3 Å². The maximum Gasteiger partial charge on any atom is 0.404 e. The maximum atomic E-state index is 14.2. The zero-order valence-electron chi connectivity index (χ0n) is 13.4. The molecule has 0 saturated heterocycles. The van der Waals surface area contributed by atoms with Crippen LogP contribution in [0.15, 0.2) is 41.5 Å². The van der Waals surface area contributed by atoms with Crippen molar-refractivity contribution in [1.82, 2.24) is 19.9 Å². The number of halogens is 2. The van der Waals surface area contributed by atoms with Gasteiger partial charge in [0.15, 0.2) is 0 Å². The summed E-state index contributed by atoms with van der Waals surface area (Å²) in [5.41, 5.74) is -0.147. The Balaban J connectivity index is 2.16. The average molecular weight is 377 g/mol. The van der Waals surface area contributed by atoms with Crippen molar-refractivity contribution in [3.05, 3.63) is 63.7 Å². The van der Waals surface area contributed by atoms with Crippen molar-refractivity contribution in [2.75, 3.05) is 6.54 Å². The molecule has 7 nitrogen and oxygen atoms in total. The second-order valence-electron chi connectivity index (χ2n) is 5.47. The van der Waals surface area contributed by atoms with Gasteiger partial charge in [-0.15, -0.1) is 0 Å². The summed E-state index contributed by atoms with van der Waals surface area (Å²) in [7, 11) is 0. The molecule has 0 fully saturated rings. The molecule has 2 heterocycles. The molecule has 0 saturated carbocycles. The molecule has 1 aromatic carbocycles. The number of rotatable bonds is 5. The normalized spacial score (nSPS) is 10.8. The second kappa shape index (κ2) is 7.49. The number of nitrogens with one attached hydrogen (secondary N) is 1. The van der Waals surface area contributed by atoms with Crippen LogP contribution < -0.4 is 10.9 Å². The quantitative estimate of drug-likeness (QED) is 0.667. The van der Waals surface area contributed by atoms with Gasteiger partial charge in [-0.25, -0.2) is 14.2 Å². The number of carbonyl (C=O) groups is 1. The van der Waals surface area contributed by atoms with E-state index < -0.39 is 17.5 Å². The van der Waals surface area contributed by atoms with Crippen LogP contribution in [0, 0.1) is 5.82 Å². The van der Waals surface area contributed by atoms with Gasteiger partial charge in [0.2, 0.25) is 0 Å². The molecular formula is C17H14ClFN4O3. The molecule has 9 heteroatoms. The summed E-state index contributed by atoms with van der Waals surface area (Å²) in [6, 6.07) is 5.80. The molecule has 2 N–H and O–H groups in total. The summed E-state index contributed by atoms with van der Waals surface area (Å²) in [5, 5.41) is 11.0. The first-order valence-corrected chi connectivity index (χ1v) is 8.13. The van der Waals surface area contributed by atoms with Crippen molar-refractivity contribution in [3.63, 3.8) is 0 Å². The molecule has 0 unspecified atom stereocenters. The highest BCUT2D eigenvalue weighted by atomic mass is 35.5. The molecule has 0 aliphatic carbocycles. The van der Waals surface area contributed by atoms with Gasteiger partial charge in [0.25, 0.3) is 5.56 Å². The minimum atomic E-state index is -1.14. The molecule has 26 heavy (non-hydrogen) atoms. The molecule has 0 aliphatic heterocycles. The van der Waals surface area contributed by atoms with E-state index in [0.717, 1.165) is 6.07 Å². The number of carboxylic acid groups (broad SMARTS) is 1. The third kappa shape index (κ3) is 3.50. The summed E-state index contributed by atoms with van der Waals surface area (Å²) in [6.07, 6.45) is 2.55. The molecule has 1 amide bonds. The molecule has 0 radical (unpaired) electrons. The van der Waals surface area contributed by atoms with Gasteiger partial charge in [0, 0.05) is 19.2 Å². The number of amides is 1. The first-order valence-electron chi connectivity index (χ1n) is 7.76. The van der Waals surface area contributed by atoms with E-state index >= 15 is 0 Å². The number of aryl methyl sites for hydroxylation is 1. The highest BCUT2D eigenvalue weighted by molar-refractivity contribution is 6.35. The van der Waals surface area contributed by atoms with Crippen molar-refractivity contribution < 1.29 is 14.3 Å². The topological polar surface area (TPSA) is 97.1 Å². The van der Waals surface area contributed by atoms with Gasteiger partial charge in [-0.05, 0) is 30.7 Å². The van der Waals surface area contributed by atoms with Crippen LogP contribution in [0.3, 0.4) is 0 Å². The molecule has 0 aliphatic rings. The third-order valence-corrected chi connectivity index (χ3v) is 4.07. The van der Waals surface area contributed by atoms with Crippen LogP contribution >= 0.6 is 11.6 Å². The van der Waals surface area contributed by atoms with Gasteiger partial charge >= 0.3 is 6.09 Å². The number of hydrogen-bond acceptors (Lipinski definition) is 4. The van der Waals surface area contributed by atoms with Crippen molar-refractivity contribution in [2.45, 2.75) is 12.8 Å². The molecule has 134 valence electrons. The Morgan fingerprint density at radius 3 is 2.85 bits per heavy atom. The standard InChI is InChI=1S/C17H14ClFN4O3/c18-11-5-6-12(19)15-14(11)16(24)23(10-3-1-7-20-9-10)13(22-15)4-2-8-21-17(25)26/h1,3,5-7,9,21H,2,4,8H2,(H,25,26). The van der Waals surface area contributed by atoms with E-state index in [0.29, 0.717) is 17.9 Å². The average Bonchev–Trinajstić information content (AvgIpc) is 2.62. The fourth-order valence-corrected chi connectivity index (χ4v) is 2.86. The molecule has 0 spiro atoms. The van der Waals surface area contributed by atoms with Crippen molar-refractivity contribution in [3.8, 4) is 5.69 Å². The minimum absolute atomic E-state index is 0.0112. The number of pyridine rings is 1.